The number of amides is 1. The van der Waals surface area contributed by atoms with Crippen molar-refractivity contribution >= 4 is 21.6 Å². The maximum absolute atomic E-state index is 12.8. The molecule has 4 rings (SSSR count). The molecule has 3 aromatic rings. The summed E-state index contributed by atoms with van der Waals surface area (Å²) in [6.07, 6.45) is 1.49. The average molecular weight is 473 g/mol. The molecule has 0 aliphatic carbocycles. The number of carbonyl (C=O) groups is 1. The molecule has 1 aliphatic heterocycles. The van der Waals surface area contributed by atoms with E-state index in [2.05, 4.69) is 14.9 Å². The summed E-state index contributed by atoms with van der Waals surface area (Å²) >= 11 is 0. The van der Waals surface area contributed by atoms with Gasteiger partial charge in [0, 0.05) is 24.7 Å². The molecule has 0 radical (unpaired) electrons. The number of hydrogen-bond donors (Lipinski definition) is 1. The van der Waals surface area contributed by atoms with Crippen molar-refractivity contribution in [1.82, 2.24) is 14.9 Å². The number of anilines is 1. The van der Waals surface area contributed by atoms with Crippen molar-refractivity contribution in [1.29, 1.82) is 0 Å². The standard InChI is InChI=1S/C22H24N4O6S/c1-14(27)26-10-4-5-15-11-17(7-8-18(15)26)33(28,29)23-13-21-24-22(25-32-21)16-6-9-19(30-2)20(12-16)31-3/h6-9,11-12,23H,4-5,10,13H2,1-3H3. The molecule has 0 atom stereocenters. The predicted molar refractivity (Wildman–Crippen MR) is 120 cm³/mol. The Morgan fingerprint density at radius 2 is 1.94 bits per heavy atom. The second-order valence-corrected chi connectivity index (χ2v) is 9.24. The fraction of sp³-hybridized carbons (Fsp3) is 0.318. The van der Waals surface area contributed by atoms with Crippen molar-refractivity contribution in [3.63, 3.8) is 0 Å². The van der Waals surface area contributed by atoms with Gasteiger partial charge in [-0.1, -0.05) is 5.16 Å². The van der Waals surface area contributed by atoms with E-state index in [1.165, 1.54) is 27.2 Å². The zero-order valence-electron chi connectivity index (χ0n) is 18.5. The van der Waals surface area contributed by atoms with Crippen molar-refractivity contribution in [2.75, 3.05) is 25.7 Å². The molecule has 1 aliphatic rings. The summed E-state index contributed by atoms with van der Waals surface area (Å²) in [6.45, 7) is 1.97. The van der Waals surface area contributed by atoms with Crippen LogP contribution in [0.25, 0.3) is 11.4 Å². The first-order valence-electron chi connectivity index (χ1n) is 10.3. The molecule has 33 heavy (non-hydrogen) atoms. The van der Waals surface area contributed by atoms with Gasteiger partial charge in [0.1, 0.15) is 0 Å². The molecule has 2 aromatic carbocycles. The lowest BCUT2D eigenvalue weighted by atomic mass is 10.0. The first-order valence-corrected chi connectivity index (χ1v) is 11.8. The number of fused-ring (bicyclic) bond motifs is 1. The molecule has 0 spiro atoms. The van der Waals surface area contributed by atoms with E-state index in [1.807, 2.05) is 0 Å². The Morgan fingerprint density at radius 1 is 1.15 bits per heavy atom. The summed E-state index contributed by atoms with van der Waals surface area (Å²) in [4.78, 5) is 17.9. The number of carbonyl (C=O) groups excluding carboxylic acids is 1. The highest BCUT2D eigenvalue weighted by Crippen LogP contribution is 2.31. The second-order valence-electron chi connectivity index (χ2n) is 7.47. The van der Waals surface area contributed by atoms with Crippen LogP contribution in [0.4, 0.5) is 5.69 Å². The smallest absolute Gasteiger partial charge is 0.242 e. The highest BCUT2D eigenvalue weighted by Gasteiger charge is 2.23. The summed E-state index contributed by atoms with van der Waals surface area (Å²) < 4.78 is 43.8. The molecule has 0 saturated carbocycles. The minimum atomic E-state index is -3.82. The maximum Gasteiger partial charge on any atom is 0.242 e. The highest BCUT2D eigenvalue weighted by atomic mass is 32.2. The van der Waals surface area contributed by atoms with Gasteiger partial charge in [-0.15, -0.1) is 0 Å². The fourth-order valence-corrected chi connectivity index (χ4v) is 4.75. The molecule has 0 bridgehead atoms. The van der Waals surface area contributed by atoms with Crippen LogP contribution in [0.1, 0.15) is 24.8 Å². The Balaban J connectivity index is 1.49. The minimum Gasteiger partial charge on any atom is -0.493 e. The molecule has 1 aromatic heterocycles. The molecule has 0 saturated heterocycles. The Kier molecular flexibility index (Phi) is 6.34. The normalized spacial score (nSPS) is 13.5. The number of methoxy groups -OCH3 is 2. The molecule has 0 unspecified atom stereocenters. The van der Waals surface area contributed by atoms with Crippen molar-refractivity contribution < 1.29 is 27.2 Å². The third kappa shape index (κ3) is 4.69. The van der Waals surface area contributed by atoms with Gasteiger partial charge in [-0.05, 0) is 54.8 Å². The van der Waals surface area contributed by atoms with Crippen LogP contribution in [0.3, 0.4) is 0 Å². The average Bonchev–Trinajstić information content (AvgIpc) is 3.30. The van der Waals surface area contributed by atoms with Crippen molar-refractivity contribution in [3.05, 3.63) is 47.9 Å². The van der Waals surface area contributed by atoms with Crippen LogP contribution >= 0.6 is 0 Å². The molecule has 2 heterocycles. The van der Waals surface area contributed by atoms with Gasteiger partial charge in [-0.25, -0.2) is 13.1 Å². The van der Waals surface area contributed by atoms with Gasteiger partial charge in [-0.3, -0.25) is 4.79 Å². The third-order valence-corrected chi connectivity index (χ3v) is 6.78. The van der Waals surface area contributed by atoms with E-state index in [1.54, 1.807) is 35.2 Å². The molecule has 1 amide bonds. The lowest BCUT2D eigenvalue weighted by Gasteiger charge is -2.28. The van der Waals surface area contributed by atoms with E-state index < -0.39 is 10.0 Å². The molecule has 11 heteroatoms. The molecule has 0 fully saturated rings. The molecule has 10 nitrogen and oxygen atoms in total. The Hall–Kier alpha value is -3.44. The first kappa shape index (κ1) is 22.7. The van der Waals surface area contributed by atoms with Crippen LogP contribution in [0.15, 0.2) is 45.8 Å². The Labute approximate surface area is 191 Å². The van der Waals surface area contributed by atoms with Gasteiger partial charge in [0.25, 0.3) is 0 Å². The van der Waals surface area contributed by atoms with Gasteiger partial charge >= 0.3 is 0 Å². The predicted octanol–water partition coefficient (Wildman–Crippen LogP) is 2.53. The van der Waals surface area contributed by atoms with Gasteiger partial charge in [0.2, 0.25) is 27.6 Å². The van der Waals surface area contributed by atoms with E-state index >= 15 is 0 Å². The SMILES string of the molecule is COc1ccc(-c2noc(CNS(=O)(=O)c3ccc4c(c3)CCCN4C(C)=O)n2)cc1OC. The largest absolute Gasteiger partial charge is 0.493 e. The zero-order chi connectivity index (χ0) is 23.6. The monoisotopic (exact) mass is 472 g/mol. The van der Waals surface area contributed by atoms with Gasteiger partial charge in [0.15, 0.2) is 11.5 Å². The number of aryl methyl sites for hydroxylation is 1. The number of sulfonamides is 1. The number of rotatable bonds is 7. The number of hydrogen-bond acceptors (Lipinski definition) is 8. The highest BCUT2D eigenvalue weighted by molar-refractivity contribution is 7.89. The van der Waals surface area contributed by atoms with Crippen molar-refractivity contribution in [2.24, 2.45) is 0 Å². The van der Waals surface area contributed by atoms with Crippen molar-refractivity contribution in [3.8, 4) is 22.9 Å². The molecule has 174 valence electrons. The van der Waals surface area contributed by atoms with Crippen LogP contribution in [-0.4, -0.2) is 45.2 Å². The van der Waals surface area contributed by atoms with Crippen LogP contribution in [-0.2, 0) is 27.8 Å². The third-order valence-electron chi connectivity index (χ3n) is 5.38. The second kappa shape index (κ2) is 9.20. The minimum absolute atomic E-state index is 0.0636. The van der Waals surface area contributed by atoms with E-state index in [-0.39, 0.29) is 23.2 Å². The number of aromatic nitrogens is 2. The van der Waals surface area contributed by atoms with Crippen LogP contribution in [0.2, 0.25) is 0 Å². The topological polar surface area (TPSA) is 124 Å². The summed E-state index contributed by atoms with van der Waals surface area (Å²) in [7, 11) is -0.759. The Morgan fingerprint density at radius 3 is 2.67 bits per heavy atom. The number of nitrogens with zero attached hydrogens (tertiary/aromatic N) is 3. The van der Waals surface area contributed by atoms with Gasteiger partial charge < -0.3 is 18.9 Å². The molecule has 1 N–H and O–H groups in total. The zero-order valence-corrected chi connectivity index (χ0v) is 19.3. The summed E-state index contributed by atoms with van der Waals surface area (Å²) in [5.74, 6) is 1.42. The van der Waals surface area contributed by atoms with Gasteiger partial charge in [-0.2, -0.15) is 4.98 Å². The van der Waals surface area contributed by atoms with Gasteiger partial charge in [0.05, 0.1) is 25.7 Å². The fourth-order valence-electron chi connectivity index (χ4n) is 3.73. The summed E-state index contributed by atoms with van der Waals surface area (Å²) in [6, 6.07) is 9.94. The number of benzene rings is 2. The molecular weight excluding hydrogens is 448 g/mol. The summed E-state index contributed by atoms with van der Waals surface area (Å²) in [5, 5.41) is 3.92. The number of ether oxygens (including phenoxy) is 2. The van der Waals surface area contributed by atoms with Crippen LogP contribution in [0, 0.1) is 0 Å². The van der Waals surface area contributed by atoms with E-state index in [0.29, 0.717) is 35.9 Å². The van der Waals surface area contributed by atoms with E-state index in [4.69, 9.17) is 14.0 Å². The maximum atomic E-state index is 12.8. The van der Waals surface area contributed by atoms with E-state index in [0.717, 1.165) is 17.7 Å². The van der Waals surface area contributed by atoms with Crippen molar-refractivity contribution in [2.45, 2.75) is 31.2 Å². The van der Waals surface area contributed by atoms with Crippen LogP contribution in [0.5, 0.6) is 11.5 Å². The quantitative estimate of drug-likeness (QED) is 0.556. The Bertz CT molecular complexity index is 1290. The number of nitrogens with one attached hydrogen (secondary N) is 1. The van der Waals surface area contributed by atoms with Crippen LogP contribution < -0.4 is 19.1 Å². The lowest BCUT2D eigenvalue weighted by Crippen LogP contribution is -2.33. The molecular formula is C22H24N4O6S. The first-order chi connectivity index (χ1) is 15.8. The van der Waals surface area contributed by atoms with E-state index in [9.17, 15) is 13.2 Å². The summed E-state index contributed by atoms with van der Waals surface area (Å²) in [5.41, 5.74) is 2.22. The lowest BCUT2D eigenvalue weighted by molar-refractivity contribution is -0.116.